The number of phenolic OH excluding ortho intramolecular Hbond substituents is 1. The van der Waals surface area contributed by atoms with Crippen LogP contribution in [0, 0.1) is 5.82 Å². The summed E-state index contributed by atoms with van der Waals surface area (Å²) in [4.78, 5) is 24.3. The molecular weight excluding hydrogens is 409 g/mol. The lowest BCUT2D eigenvalue weighted by Crippen LogP contribution is -2.29. The Balaban J connectivity index is 0.00000320. The van der Waals surface area contributed by atoms with Crippen molar-refractivity contribution >= 4 is 24.2 Å². The van der Waals surface area contributed by atoms with Crippen LogP contribution < -0.4 is 16.0 Å². The summed E-state index contributed by atoms with van der Waals surface area (Å²) in [7, 11) is 0. The summed E-state index contributed by atoms with van der Waals surface area (Å²) in [5, 5.41) is 19.1. The first kappa shape index (κ1) is 23.6. The number of benzene rings is 2. The molecule has 6 nitrogen and oxygen atoms in total. The van der Waals surface area contributed by atoms with Crippen LogP contribution in [0.5, 0.6) is 5.75 Å². The van der Waals surface area contributed by atoms with Crippen molar-refractivity contribution in [1.82, 2.24) is 16.0 Å². The molecule has 4 N–H and O–H groups in total. The van der Waals surface area contributed by atoms with Crippen molar-refractivity contribution in [1.29, 1.82) is 0 Å². The molecule has 0 atom stereocenters. The quantitative estimate of drug-likeness (QED) is 0.512. The van der Waals surface area contributed by atoms with Crippen molar-refractivity contribution in [3.63, 3.8) is 0 Å². The molecule has 3 rings (SSSR count). The van der Waals surface area contributed by atoms with Crippen LogP contribution in [0.1, 0.15) is 35.2 Å². The highest BCUT2D eigenvalue weighted by atomic mass is 35.5. The maximum absolute atomic E-state index is 14.2. The van der Waals surface area contributed by atoms with Gasteiger partial charge in [0.25, 0.3) is 5.91 Å². The molecule has 1 aliphatic rings. The third-order valence-electron chi connectivity index (χ3n) is 4.89. The van der Waals surface area contributed by atoms with Gasteiger partial charge in [-0.1, -0.05) is 12.1 Å². The minimum Gasteiger partial charge on any atom is -0.507 e. The maximum atomic E-state index is 14.2. The van der Waals surface area contributed by atoms with Gasteiger partial charge in [-0.2, -0.15) is 0 Å². The zero-order chi connectivity index (χ0) is 20.6. The van der Waals surface area contributed by atoms with E-state index in [-0.39, 0.29) is 29.6 Å². The number of aromatic hydroxyl groups is 1. The minimum atomic E-state index is -0.603. The highest BCUT2D eigenvalue weighted by molar-refractivity contribution is 5.96. The van der Waals surface area contributed by atoms with Crippen LogP contribution in [-0.4, -0.2) is 43.1 Å². The highest BCUT2D eigenvalue weighted by Gasteiger charge is 2.15. The lowest BCUT2D eigenvalue weighted by atomic mass is 9.98. The average Bonchev–Trinajstić information content (AvgIpc) is 2.71. The van der Waals surface area contributed by atoms with Crippen LogP contribution in [-0.2, 0) is 11.2 Å². The summed E-state index contributed by atoms with van der Waals surface area (Å²) in [5.74, 6) is -1.02. The molecule has 8 heteroatoms. The molecule has 0 saturated carbocycles. The Bertz CT molecular complexity index is 892. The summed E-state index contributed by atoms with van der Waals surface area (Å²) in [6, 6.07) is 9.39. The van der Waals surface area contributed by atoms with Crippen molar-refractivity contribution in [2.24, 2.45) is 0 Å². The molecular formula is C22H27ClFN3O3. The Morgan fingerprint density at radius 2 is 1.63 bits per heavy atom. The van der Waals surface area contributed by atoms with E-state index in [9.17, 15) is 19.1 Å². The average molecular weight is 436 g/mol. The predicted octanol–water partition coefficient (Wildman–Crippen LogP) is 2.78. The van der Waals surface area contributed by atoms with Gasteiger partial charge in [0.05, 0.1) is 5.56 Å². The molecule has 162 valence electrons. The van der Waals surface area contributed by atoms with E-state index in [4.69, 9.17) is 0 Å². The second kappa shape index (κ2) is 11.5. The van der Waals surface area contributed by atoms with Crippen LogP contribution in [0.15, 0.2) is 36.4 Å². The van der Waals surface area contributed by atoms with Crippen LogP contribution >= 0.6 is 12.4 Å². The number of rotatable bonds is 0. The zero-order valence-electron chi connectivity index (χ0n) is 16.7. The van der Waals surface area contributed by atoms with Crippen LogP contribution in [0.4, 0.5) is 4.39 Å². The number of amides is 2. The number of hydrogen-bond acceptors (Lipinski definition) is 4. The highest BCUT2D eigenvalue weighted by Crippen LogP contribution is 2.31. The topological polar surface area (TPSA) is 90.5 Å². The van der Waals surface area contributed by atoms with E-state index in [1.54, 1.807) is 24.3 Å². The summed E-state index contributed by atoms with van der Waals surface area (Å²) in [6.07, 6.45) is 2.49. The second-order valence-corrected chi connectivity index (χ2v) is 7.11. The molecule has 0 aliphatic carbocycles. The van der Waals surface area contributed by atoms with Crippen molar-refractivity contribution in [2.45, 2.75) is 25.7 Å². The van der Waals surface area contributed by atoms with Crippen LogP contribution in [0.25, 0.3) is 11.1 Å². The van der Waals surface area contributed by atoms with Gasteiger partial charge in [-0.15, -0.1) is 12.4 Å². The van der Waals surface area contributed by atoms with Crippen LogP contribution in [0.3, 0.4) is 0 Å². The Morgan fingerprint density at radius 3 is 2.47 bits per heavy atom. The van der Waals surface area contributed by atoms with Gasteiger partial charge in [0.2, 0.25) is 5.91 Å². The molecule has 0 unspecified atom stereocenters. The lowest BCUT2D eigenvalue weighted by molar-refractivity contribution is -0.121. The zero-order valence-corrected chi connectivity index (χ0v) is 17.5. The Labute approximate surface area is 181 Å². The largest absolute Gasteiger partial charge is 0.507 e. The molecule has 0 aromatic heterocycles. The monoisotopic (exact) mass is 435 g/mol. The molecule has 1 heterocycles. The molecule has 2 amide bonds. The minimum absolute atomic E-state index is 0. The fourth-order valence-corrected chi connectivity index (χ4v) is 3.28. The number of nitrogens with one attached hydrogen (secondary N) is 3. The molecule has 1 aliphatic heterocycles. The summed E-state index contributed by atoms with van der Waals surface area (Å²) in [6.45, 7) is 2.33. The molecule has 2 aromatic rings. The van der Waals surface area contributed by atoms with E-state index in [2.05, 4.69) is 16.0 Å². The fraction of sp³-hybridized carbons (Fsp3) is 0.364. The standard InChI is InChI=1S/C22H26FN3O3.ClH/c23-19-6-5-16-14-18(19)22(29)26-11-2-10-24-9-1-3-21(28)25-12-8-15-4-7-20(27)17(16)13-15;/h4-7,13-14,24,27H,1-3,8-12H2,(H,25,28)(H,26,29);1H. The van der Waals surface area contributed by atoms with Gasteiger partial charge < -0.3 is 21.1 Å². The van der Waals surface area contributed by atoms with Gasteiger partial charge in [-0.25, -0.2) is 4.39 Å². The normalized spacial score (nSPS) is 16.2. The first-order valence-electron chi connectivity index (χ1n) is 9.92. The van der Waals surface area contributed by atoms with Gasteiger partial charge in [0, 0.05) is 25.1 Å². The molecule has 2 aromatic carbocycles. The lowest BCUT2D eigenvalue weighted by Gasteiger charge is -2.11. The van der Waals surface area contributed by atoms with E-state index in [1.165, 1.54) is 12.1 Å². The fourth-order valence-electron chi connectivity index (χ4n) is 3.28. The number of carbonyl (C=O) groups is 2. The van der Waals surface area contributed by atoms with Crippen molar-refractivity contribution in [3.05, 3.63) is 53.3 Å². The molecule has 4 bridgehead atoms. The van der Waals surface area contributed by atoms with E-state index >= 15 is 0 Å². The first-order chi connectivity index (χ1) is 14.0. The summed E-state index contributed by atoms with van der Waals surface area (Å²) in [5.41, 5.74) is 1.95. The maximum Gasteiger partial charge on any atom is 0.254 e. The van der Waals surface area contributed by atoms with E-state index in [0.29, 0.717) is 50.0 Å². The number of fused-ring (bicyclic) bond motifs is 5. The summed E-state index contributed by atoms with van der Waals surface area (Å²) < 4.78 is 14.2. The van der Waals surface area contributed by atoms with Gasteiger partial charge in [0.15, 0.2) is 0 Å². The number of phenols is 1. The van der Waals surface area contributed by atoms with E-state index < -0.39 is 11.7 Å². The second-order valence-electron chi connectivity index (χ2n) is 7.11. The van der Waals surface area contributed by atoms with Gasteiger partial charge in [-0.05, 0) is 67.7 Å². The predicted molar refractivity (Wildman–Crippen MR) is 117 cm³/mol. The molecule has 0 radical (unpaired) electrons. The SMILES string of the molecule is Cl.O=C1CCCNCCCNC(=O)c2cc(ccc2F)-c2cc(ccc2O)CCN1. The smallest absolute Gasteiger partial charge is 0.254 e. The Hall–Kier alpha value is -2.64. The Kier molecular flexibility index (Phi) is 9.08. The van der Waals surface area contributed by atoms with Crippen molar-refractivity contribution < 1.29 is 19.1 Å². The number of hydrogen-bond donors (Lipinski definition) is 4. The van der Waals surface area contributed by atoms with Gasteiger partial charge in [-0.3, -0.25) is 9.59 Å². The van der Waals surface area contributed by atoms with Crippen molar-refractivity contribution in [2.75, 3.05) is 26.2 Å². The first-order valence-corrected chi connectivity index (χ1v) is 9.92. The van der Waals surface area contributed by atoms with Gasteiger partial charge >= 0.3 is 0 Å². The van der Waals surface area contributed by atoms with Crippen LogP contribution in [0.2, 0.25) is 0 Å². The molecule has 30 heavy (non-hydrogen) atoms. The molecule has 0 saturated heterocycles. The van der Waals surface area contributed by atoms with Crippen molar-refractivity contribution in [3.8, 4) is 16.9 Å². The Morgan fingerprint density at radius 1 is 0.833 bits per heavy atom. The number of halogens is 2. The third-order valence-corrected chi connectivity index (χ3v) is 4.89. The molecule has 0 spiro atoms. The van der Waals surface area contributed by atoms with Gasteiger partial charge in [0.1, 0.15) is 11.6 Å². The third kappa shape index (κ3) is 6.43. The molecule has 0 fully saturated rings. The summed E-state index contributed by atoms with van der Waals surface area (Å²) >= 11 is 0. The van der Waals surface area contributed by atoms with E-state index in [0.717, 1.165) is 18.5 Å². The van der Waals surface area contributed by atoms with E-state index in [1.807, 2.05) is 0 Å². The number of carbonyl (C=O) groups excluding carboxylic acids is 2.